The number of carbonyl (C=O) groups is 1. The lowest BCUT2D eigenvalue weighted by Crippen LogP contribution is -2.37. The summed E-state index contributed by atoms with van der Waals surface area (Å²) in [4.78, 5) is 32.8. The molecule has 1 saturated heterocycles. The molecule has 2 aromatic heterocycles. The summed E-state index contributed by atoms with van der Waals surface area (Å²) >= 11 is 0. The van der Waals surface area contributed by atoms with Crippen molar-refractivity contribution >= 4 is 11.7 Å². The lowest BCUT2D eigenvalue weighted by molar-refractivity contribution is -0.129. The Bertz CT molecular complexity index is 879. The molecule has 7 heteroatoms. The van der Waals surface area contributed by atoms with Gasteiger partial charge in [0.05, 0.1) is 5.69 Å². The van der Waals surface area contributed by atoms with Crippen molar-refractivity contribution in [2.24, 2.45) is 0 Å². The molecule has 0 unspecified atom stereocenters. The first-order valence-corrected chi connectivity index (χ1v) is 11.0. The third kappa shape index (κ3) is 4.61. The van der Waals surface area contributed by atoms with E-state index in [9.17, 15) is 4.79 Å². The van der Waals surface area contributed by atoms with Gasteiger partial charge in [0.15, 0.2) is 0 Å². The Hall–Kier alpha value is -2.54. The zero-order valence-electron chi connectivity index (χ0n) is 18.3. The van der Waals surface area contributed by atoms with Crippen molar-refractivity contribution in [3.05, 3.63) is 47.2 Å². The standard InChI is InChI=1S/C23H32N6O/c1-17(30)29-14-7-18(8-15-29)22-25-21-10-12-27(2)16-20(21)23(26-22)28(3)13-9-19-6-4-5-11-24-19/h4-6,11,18H,7-10,12-16H2,1-3H3. The van der Waals surface area contributed by atoms with Crippen LogP contribution in [0.5, 0.6) is 0 Å². The number of pyridine rings is 1. The van der Waals surface area contributed by atoms with Crippen LogP contribution in [-0.4, -0.2) is 70.9 Å². The summed E-state index contributed by atoms with van der Waals surface area (Å²) in [6.07, 6.45) is 5.58. The Labute approximate surface area is 179 Å². The third-order valence-corrected chi connectivity index (χ3v) is 6.34. The molecule has 0 atom stereocenters. The van der Waals surface area contributed by atoms with Gasteiger partial charge in [0.25, 0.3) is 0 Å². The van der Waals surface area contributed by atoms with E-state index in [1.807, 2.05) is 23.2 Å². The van der Waals surface area contributed by atoms with E-state index in [1.165, 1.54) is 11.3 Å². The molecule has 2 aliphatic heterocycles. The van der Waals surface area contributed by atoms with E-state index >= 15 is 0 Å². The van der Waals surface area contributed by atoms with Gasteiger partial charge in [-0.2, -0.15) is 0 Å². The van der Waals surface area contributed by atoms with Gasteiger partial charge >= 0.3 is 0 Å². The number of carbonyl (C=O) groups excluding carboxylic acids is 1. The number of rotatable bonds is 5. The van der Waals surface area contributed by atoms with Crippen LogP contribution in [0.4, 0.5) is 5.82 Å². The molecule has 0 bridgehead atoms. The summed E-state index contributed by atoms with van der Waals surface area (Å²) in [5.74, 6) is 2.51. The number of hydrogen-bond donors (Lipinski definition) is 0. The van der Waals surface area contributed by atoms with Gasteiger partial charge in [-0.15, -0.1) is 0 Å². The number of anilines is 1. The van der Waals surface area contributed by atoms with Gasteiger partial charge in [0.1, 0.15) is 11.6 Å². The minimum absolute atomic E-state index is 0.165. The first kappa shape index (κ1) is 20.7. The van der Waals surface area contributed by atoms with E-state index in [4.69, 9.17) is 9.97 Å². The van der Waals surface area contributed by atoms with E-state index < -0.39 is 0 Å². The predicted octanol–water partition coefficient (Wildman–Crippen LogP) is 2.26. The molecule has 2 aromatic rings. The maximum atomic E-state index is 11.7. The van der Waals surface area contributed by atoms with Crippen molar-refractivity contribution in [3.8, 4) is 0 Å². The first-order chi connectivity index (χ1) is 14.5. The summed E-state index contributed by atoms with van der Waals surface area (Å²) < 4.78 is 0. The average Bonchev–Trinajstić information content (AvgIpc) is 2.77. The van der Waals surface area contributed by atoms with Crippen LogP contribution in [0.15, 0.2) is 24.4 Å². The van der Waals surface area contributed by atoms with Gasteiger partial charge in [-0.25, -0.2) is 9.97 Å². The number of fused-ring (bicyclic) bond motifs is 1. The van der Waals surface area contributed by atoms with Gasteiger partial charge in [0.2, 0.25) is 5.91 Å². The fraction of sp³-hybridized carbons (Fsp3) is 0.565. The van der Waals surface area contributed by atoms with Crippen LogP contribution in [0.3, 0.4) is 0 Å². The largest absolute Gasteiger partial charge is 0.359 e. The molecule has 0 aromatic carbocycles. The molecular formula is C23H32N6O. The van der Waals surface area contributed by atoms with Crippen LogP contribution < -0.4 is 4.90 Å². The second-order valence-corrected chi connectivity index (χ2v) is 8.59. The van der Waals surface area contributed by atoms with Gasteiger partial charge in [-0.1, -0.05) is 6.07 Å². The van der Waals surface area contributed by atoms with Crippen LogP contribution in [0.25, 0.3) is 0 Å². The van der Waals surface area contributed by atoms with Gasteiger partial charge in [-0.3, -0.25) is 9.78 Å². The fourth-order valence-corrected chi connectivity index (χ4v) is 4.44. The summed E-state index contributed by atoms with van der Waals surface area (Å²) in [5, 5.41) is 0. The van der Waals surface area contributed by atoms with Crippen LogP contribution in [0, 0.1) is 0 Å². The lowest BCUT2D eigenvalue weighted by Gasteiger charge is -2.33. The summed E-state index contributed by atoms with van der Waals surface area (Å²) in [6, 6.07) is 6.06. The molecule has 0 aliphatic carbocycles. The first-order valence-electron chi connectivity index (χ1n) is 11.0. The van der Waals surface area contributed by atoms with Gasteiger partial charge in [-0.05, 0) is 32.0 Å². The van der Waals surface area contributed by atoms with Crippen molar-refractivity contribution in [1.29, 1.82) is 0 Å². The maximum absolute atomic E-state index is 11.7. The molecule has 0 N–H and O–H groups in total. The number of piperidine rings is 1. The smallest absolute Gasteiger partial charge is 0.219 e. The SMILES string of the molecule is CC(=O)N1CCC(c2nc3c(c(N(C)CCc4ccccn4)n2)CN(C)CC3)CC1. The van der Waals surface area contributed by atoms with Crippen molar-refractivity contribution in [1.82, 2.24) is 24.8 Å². The Kier molecular flexibility index (Phi) is 6.27. The third-order valence-electron chi connectivity index (χ3n) is 6.34. The van der Waals surface area contributed by atoms with Crippen molar-refractivity contribution in [3.63, 3.8) is 0 Å². The summed E-state index contributed by atoms with van der Waals surface area (Å²) in [7, 11) is 4.29. The molecular weight excluding hydrogens is 376 g/mol. The van der Waals surface area contributed by atoms with Crippen LogP contribution in [-0.2, 0) is 24.2 Å². The number of aromatic nitrogens is 3. The summed E-state index contributed by atoms with van der Waals surface area (Å²) in [6.45, 7) is 6.04. The van der Waals surface area contributed by atoms with E-state index in [1.54, 1.807) is 6.92 Å². The molecule has 0 spiro atoms. The second-order valence-electron chi connectivity index (χ2n) is 8.59. The Morgan fingerprint density at radius 3 is 2.70 bits per heavy atom. The quantitative estimate of drug-likeness (QED) is 0.756. The van der Waals surface area contributed by atoms with Crippen LogP contribution in [0.2, 0.25) is 0 Å². The maximum Gasteiger partial charge on any atom is 0.219 e. The Balaban J connectivity index is 1.56. The van der Waals surface area contributed by atoms with E-state index in [0.29, 0.717) is 5.92 Å². The number of nitrogens with zero attached hydrogens (tertiary/aromatic N) is 6. The van der Waals surface area contributed by atoms with Crippen molar-refractivity contribution < 1.29 is 4.79 Å². The normalized spacial score (nSPS) is 17.6. The molecule has 0 radical (unpaired) electrons. The topological polar surface area (TPSA) is 65.5 Å². The molecule has 1 amide bonds. The monoisotopic (exact) mass is 408 g/mol. The molecule has 0 saturated carbocycles. The summed E-state index contributed by atoms with van der Waals surface area (Å²) in [5.41, 5.74) is 3.56. The van der Waals surface area contributed by atoms with E-state index in [-0.39, 0.29) is 5.91 Å². The van der Waals surface area contributed by atoms with Gasteiger partial charge < -0.3 is 14.7 Å². The highest BCUT2D eigenvalue weighted by Gasteiger charge is 2.28. The fourth-order valence-electron chi connectivity index (χ4n) is 4.44. The molecule has 4 heterocycles. The molecule has 1 fully saturated rings. The number of likely N-dealkylation sites (tertiary alicyclic amines) is 1. The van der Waals surface area contributed by atoms with Crippen LogP contribution >= 0.6 is 0 Å². The lowest BCUT2D eigenvalue weighted by atomic mass is 9.95. The number of likely N-dealkylation sites (N-methyl/N-ethyl adjacent to an activating group) is 2. The Morgan fingerprint density at radius 2 is 2.00 bits per heavy atom. The highest BCUT2D eigenvalue weighted by molar-refractivity contribution is 5.73. The van der Waals surface area contributed by atoms with Gasteiger partial charge in [0, 0.05) is 82.9 Å². The Morgan fingerprint density at radius 1 is 1.20 bits per heavy atom. The van der Waals surface area contributed by atoms with Crippen molar-refractivity contribution in [2.75, 3.05) is 45.2 Å². The predicted molar refractivity (Wildman–Crippen MR) is 118 cm³/mol. The highest BCUT2D eigenvalue weighted by atomic mass is 16.2. The molecule has 2 aliphatic rings. The van der Waals surface area contributed by atoms with E-state index in [2.05, 4.69) is 34.9 Å². The average molecular weight is 409 g/mol. The minimum Gasteiger partial charge on any atom is -0.359 e. The van der Waals surface area contributed by atoms with E-state index in [0.717, 1.165) is 75.7 Å². The molecule has 160 valence electrons. The molecule has 4 rings (SSSR count). The van der Waals surface area contributed by atoms with Crippen LogP contribution in [0.1, 0.15) is 48.5 Å². The molecule has 30 heavy (non-hydrogen) atoms. The second kappa shape index (κ2) is 9.08. The zero-order valence-corrected chi connectivity index (χ0v) is 18.3. The zero-order chi connectivity index (χ0) is 21.1. The molecule has 7 nitrogen and oxygen atoms in total. The minimum atomic E-state index is 0.165. The van der Waals surface area contributed by atoms with Crippen molar-refractivity contribution in [2.45, 2.75) is 45.1 Å². The highest BCUT2D eigenvalue weighted by Crippen LogP contribution is 2.31. The number of amides is 1. The number of hydrogen-bond acceptors (Lipinski definition) is 6.